The Morgan fingerprint density at radius 2 is 1.35 bits per heavy atom. The molecule has 20 heavy (non-hydrogen) atoms. The van der Waals surface area contributed by atoms with Gasteiger partial charge in [0.2, 0.25) is 5.91 Å². The third-order valence-electron chi connectivity index (χ3n) is 2.57. The molecule has 5 heteroatoms. The quantitative estimate of drug-likeness (QED) is 0.907. The normalized spacial score (nSPS) is 9.90. The van der Waals surface area contributed by atoms with Crippen LogP contribution in [0, 0.1) is 0 Å². The van der Waals surface area contributed by atoms with Gasteiger partial charge in [-0.2, -0.15) is 0 Å². The van der Waals surface area contributed by atoms with Crippen LogP contribution in [-0.4, -0.2) is 11.8 Å². The summed E-state index contributed by atoms with van der Waals surface area (Å²) >= 11 is 5.78. The topological polar surface area (TPSA) is 58.2 Å². The second kappa shape index (κ2) is 6.21. The van der Waals surface area contributed by atoms with Crippen molar-refractivity contribution < 1.29 is 9.59 Å². The minimum atomic E-state index is -0.221. The van der Waals surface area contributed by atoms with E-state index in [0.717, 1.165) is 0 Å². The lowest BCUT2D eigenvalue weighted by Gasteiger charge is -2.06. The highest BCUT2D eigenvalue weighted by Crippen LogP contribution is 2.15. The summed E-state index contributed by atoms with van der Waals surface area (Å²) in [5.74, 6) is -0.370. The molecule has 2 aromatic rings. The molecule has 0 aliphatic carbocycles. The molecule has 0 saturated carbocycles. The maximum Gasteiger partial charge on any atom is 0.255 e. The molecule has 0 aliphatic heterocycles. The molecule has 2 N–H and O–H groups in total. The zero-order valence-electron chi connectivity index (χ0n) is 10.8. The van der Waals surface area contributed by atoms with Crippen molar-refractivity contribution in [2.24, 2.45) is 0 Å². The van der Waals surface area contributed by atoms with E-state index in [9.17, 15) is 9.59 Å². The number of hydrogen-bond acceptors (Lipinski definition) is 2. The lowest BCUT2D eigenvalue weighted by Crippen LogP contribution is -2.12. The number of anilines is 2. The number of halogens is 1. The minimum absolute atomic E-state index is 0.150. The van der Waals surface area contributed by atoms with Gasteiger partial charge in [0.25, 0.3) is 5.91 Å². The molecule has 0 saturated heterocycles. The summed E-state index contributed by atoms with van der Waals surface area (Å²) in [6.07, 6.45) is 0. The van der Waals surface area contributed by atoms with Crippen LogP contribution in [0.15, 0.2) is 48.5 Å². The predicted octanol–water partition coefficient (Wildman–Crippen LogP) is 3.55. The van der Waals surface area contributed by atoms with Gasteiger partial charge >= 0.3 is 0 Å². The van der Waals surface area contributed by atoms with Crippen LogP contribution in [0.1, 0.15) is 17.3 Å². The summed E-state index contributed by atoms with van der Waals surface area (Å²) in [7, 11) is 0. The van der Waals surface area contributed by atoms with Crippen LogP contribution in [0.25, 0.3) is 0 Å². The second-order valence-electron chi connectivity index (χ2n) is 4.22. The Labute approximate surface area is 121 Å². The highest BCUT2D eigenvalue weighted by atomic mass is 35.5. The summed E-state index contributed by atoms with van der Waals surface area (Å²) in [6.45, 7) is 1.43. The number of amides is 2. The fourth-order valence-corrected chi connectivity index (χ4v) is 1.77. The molecule has 0 fully saturated rings. The maximum atomic E-state index is 12.0. The second-order valence-corrected chi connectivity index (χ2v) is 4.66. The molecule has 0 aromatic heterocycles. The molecule has 4 nitrogen and oxygen atoms in total. The van der Waals surface area contributed by atoms with Crippen LogP contribution in [0.5, 0.6) is 0 Å². The zero-order valence-corrected chi connectivity index (χ0v) is 11.6. The van der Waals surface area contributed by atoms with E-state index < -0.39 is 0 Å². The van der Waals surface area contributed by atoms with Gasteiger partial charge in [-0.25, -0.2) is 0 Å². The van der Waals surface area contributed by atoms with Crippen LogP contribution in [0.4, 0.5) is 11.4 Å². The van der Waals surface area contributed by atoms with Crippen LogP contribution in [0.3, 0.4) is 0 Å². The lowest BCUT2D eigenvalue weighted by molar-refractivity contribution is -0.114. The molecule has 0 atom stereocenters. The summed E-state index contributed by atoms with van der Waals surface area (Å²) in [6, 6.07) is 13.5. The van der Waals surface area contributed by atoms with Gasteiger partial charge < -0.3 is 10.6 Å². The van der Waals surface area contributed by atoms with Crippen molar-refractivity contribution in [3.63, 3.8) is 0 Å². The van der Waals surface area contributed by atoms with Crippen molar-refractivity contribution in [2.45, 2.75) is 6.92 Å². The predicted molar refractivity (Wildman–Crippen MR) is 80.2 cm³/mol. The van der Waals surface area contributed by atoms with Gasteiger partial charge in [-0.15, -0.1) is 0 Å². The minimum Gasteiger partial charge on any atom is -0.326 e. The van der Waals surface area contributed by atoms with E-state index in [1.807, 2.05) is 0 Å². The molecule has 2 amide bonds. The number of hydrogen-bond donors (Lipinski definition) is 2. The van der Waals surface area contributed by atoms with Gasteiger partial charge in [-0.3, -0.25) is 9.59 Å². The van der Waals surface area contributed by atoms with E-state index in [2.05, 4.69) is 10.6 Å². The lowest BCUT2D eigenvalue weighted by atomic mass is 10.2. The molecule has 0 bridgehead atoms. The van der Waals surface area contributed by atoms with E-state index >= 15 is 0 Å². The maximum absolute atomic E-state index is 12.0. The van der Waals surface area contributed by atoms with E-state index in [1.165, 1.54) is 6.92 Å². The Kier molecular flexibility index (Phi) is 4.38. The zero-order chi connectivity index (χ0) is 14.5. The van der Waals surface area contributed by atoms with Crippen molar-refractivity contribution in [1.82, 2.24) is 0 Å². The van der Waals surface area contributed by atoms with E-state index in [1.54, 1.807) is 48.5 Å². The largest absolute Gasteiger partial charge is 0.326 e. The molecule has 0 unspecified atom stereocenters. The average molecular weight is 289 g/mol. The van der Waals surface area contributed by atoms with Gasteiger partial charge in [0.05, 0.1) is 0 Å². The summed E-state index contributed by atoms with van der Waals surface area (Å²) < 4.78 is 0. The van der Waals surface area contributed by atoms with Crippen molar-refractivity contribution in [3.05, 3.63) is 59.1 Å². The summed E-state index contributed by atoms with van der Waals surface area (Å²) in [5.41, 5.74) is 1.83. The molecular formula is C15H13ClN2O2. The third kappa shape index (κ3) is 3.83. The van der Waals surface area contributed by atoms with Crippen LogP contribution >= 0.6 is 11.6 Å². The Balaban J connectivity index is 2.05. The summed E-state index contributed by atoms with van der Waals surface area (Å²) in [4.78, 5) is 22.9. The monoisotopic (exact) mass is 288 g/mol. The van der Waals surface area contributed by atoms with Crippen molar-refractivity contribution in [1.29, 1.82) is 0 Å². The SMILES string of the molecule is CC(=O)Nc1ccc(C(=O)Nc2ccc(Cl)cc2)cc1. The Hall–Kier alpha value is -2.33. The first-order valence-corrected chi connectivity index (χ1v) is 6.37. The molecule has 2 aromatic carbocycles. The Morgan fingerprint density at radius 3 is 1.90 bits per heavy atom. The van der Waals surface area contributed by atoms with Gasteiger partial charge in [-0.05, 0) is 48.5 Å². The van der Waals surface area contributed by atoms with E-state index in [4.69, 9.17) is 11.6 Å². The number of carbonyl (C=O) groups excluding carboxylic acids is 2. The highest BCUT2D eigenvalue weighted by molar-refractivity contribution is 6.30. The molecule has 0 spiro atoms. The molecule has 0 heterocycles. The fraction of sp³-hybridized carbons (Fsp3) is 0.0667. The van der Waals surface area contributed by atoms with Gasteiger partial charge in [0.1, 0.15) is 0 Å². The van der Waals surface area contributed by atoms with Crippen molar-refractivity contribution in [3.8, 4) is 0 Å². The number of carbonyl (C=O) groups is 2. The van der Waals surface area contributed by atoms with Crippen molar-refractivity contribution in [2.75, 3.05) is 10.6 Å². The third-order valence-corrected chi connectivity index (χ3v) is 2.82. The summed E-state index contributed by atoms with van der Waals surface area (Å²) in [5, 5.41) is 6.02. The van der Waals surface area contributed by atoms with E-state index in [0.29, 0.717) is 22.0 Å². The van der Waals surface area contributed by atoms with Crippen molar-refractivity contribution >= 4 is 34.8 Å². The van der Waals surface area contributed by atoms with E-state index in [-0.39, 0.29) is 11.8 Å². The molecule has 2 rings (SSSR count). The molecule has 102 valence electrons. The Morgan fingerprint density at radius 1 is 0.850 bits per heavy atom. The van der Waals surface area contributed by atoms with Gasteiger partial charge in [0.15, 0.2) is 0 Å². The Bertz CT molecular complexity index is 621. The highest BCUT2D eigenvalue weighted by Gasteiger charge is 2.06. The van der Waals surface area contributed by atoms with Gasteiger partial charge in [-0.1, -0.05) is 11.6 Å². The molecular weight excluding hydrogens is 276 g/mol. The number of nitrogens with one attached hydrogen (secondary N) is 2. The molecule has 0 aliphatic rings. The first-order valence-electron chi connectivity index (χ1n) is 5.99. The van der Waals surface area contributed by atoms with Crippen LogP contribution in [-0.2, 0) is 4.79 Å². The van der Waals surface area contributed by atoms with Gasteiger partial charge in [0, 0.05) is 28.9 Å². The van der Waals surface area contributed by atoms with Crippen LogP contribution in [0.2, 0.25) is 5.02 Å². The first-order chi connectivity index (χ1) is 9.54. The fourth-order valence-electron chi connectivity index (χ4n) is 1.64. The number of rotatable bonds is 3. The van der Waals surface area contributed by atoms with Crippen LogP contribution < -0.4 is 10.6 Å². The smallest absolute Gasteiger partial charge is 0.255 e. The standard InChI is InChI=1S/C15H13ClN2O2/c1-10(19)17-13-6-2-11(3-7-13)15(20)18-14-8-4-12(16)5-9-14/h2-9H,1H3,(H,17,19)(H,18,20). The molecule has 0 radical (unpaired) electrons. The first kappa shape index (κ1) is 14.1. The average Bonchev–Trinajstić information content (AvgIpc) is 2.41. The number of benzene rings is 2.